The molecule has 2 rings (SSSR count). The lowest BCUT2D eigenvalue weighted by Gasteiger charge is -2.13. The first-order chi connectivity index (χ1) is 4.62. The van der Waals surface area contributed by atoms with Gasteiger partial charge >= 0.3 is 0 Å². The molecule has 2 heteroatoms. The van der Waals surface area contributed by atoms with Gasteiger partial charge in [0.25, 0.3) is 5.92 Å². The number of halogens is 2. The SMILES string of the molecule is CC1CCC2C(C1)C2(F)F. The van der Waals surface area contributed by atoms with Gasteiger partial charge in [-0.05, 0) is 18.8 Å². The normalized spacial score (nSPS) is 50.1. The molecule has 0 saturated heterocycles. The Morgan fingerprint density at radius 1 is 1.20 bits per heavy atom. The van der Waals surface area contributed by atoms with Gasteiger partial charge in [0, 0.05) is 11.8 Å². The zero-order chi connectivity index (χ0) is 7.35. The van der Waals surface area contributed by atoms with Crippen LogP contribution in [0.15, 0.2) is 0 Å². The van der Waals surface area contributed by atoms with Gasteiger partial charge in [-0.2, -0.15) is 0 Å². The van der Waals surface area contributed by atoms with Gasteiger partial charge in [-0.1, -0.05) is 13.3 Å². The fraction of sp³-hybridized carbons (Fsp3) is 1.00. The summed E-state index contributed by atoms with van der Waals surface area (Å²) < 4.78 is 25.3. The molecule has 0 bridgehead atoms. The van der Waals surface area contributed by atoms with Gasteiger partial charge in [-0.25, -0.2) is 8.78 Å². The molecular weight excluding hydrogens is 134 g/mol. The van der Waals surface area contributed by atoms with Gasteiger partial charge in [0.2, 0.25) is 0 Å². The van der Waals surface area contributed by atoms with Crippen LogP contribution in [0.1, 0.15) is 26.2 Å². The zero-order valence-electron chi connectivity index (χ0n) is 6.11. The molecule has 0 heterocycles. The Kier molecular flexibility index (Phi) is 1.13. The maximum absolute atomic E-state index is 12.7. The smallest absolute Gasteiger partial charge is 0.206 e. The summed E-state index contributed by atoms with van der Waals surface area (Å²) in [5.74, 6) is -2.21. The van der Waals surface area contributed by atoms with E-state index in [1.165, 1.54) is 0 Å². The molecular formula is C8H12F2. The van der Waals surface area contributed by atoms with Crippen molar-refractivity contribution in [3.05, 3.63) is 0 Å². The highest BCUT2D eigenvalue weighted by atomic mass is 19.3. The molecule has 58 valence electrons. The number of alkyl halides is 2. The standard InChI is InChI=1S/C8H12F2/c1-5-2-3-6-7(4-5)8(6,9)10/h5-7H,2-4H2,1H3. The first-order valence-corrected chi connectivity index (χ1v) is 4.00. The Hall–Kier alpha value is -0.140. The van der Waals surface area contributed by atoms with Crippen LogP contribution in [0.4, 0.5) is 8.78 Å². The average Bonchev–Trinajstić information content (AvgIpc) is 2.36. The van der Waals surface area contributed by atoms with E-state index in [0.717, 1.165) is 19.3 Å². The van der Waals surface area contributed by atoms with E-state index in [-0.39, 0.29) is 11.8 Å². The summed E-state index contributed by atoms with van der Waals surface area (Å²) in [6.07, 6.45) is 2.53. The van der Waals surface area contributed by atoms with E-state index in [4.69, 9.17) is 0 Å². The van der Waals surface area contributed by atoms with Crippen molar-refractivity contribution >= 4 is 0 Å². The molecule has 2 fully saturated rings. The second-order valence-electron chi connectivity index (χ2n) is 3.81. The highest BCUT2D eigenvalue weighted by Crippen LogP contribution is 2.63. The summed E-state index contributed by atoms with van der Waals surface area (Å²) in [5, 5.41) is 0. The molecule has 0 spiro atoms. The molecule has 3 unspecified atom stereocenters. The van der Waals surface area contributed by atoms with Crippen molar-refractivity contribution in [2.45, 2.75) is 32.1 Å². The third-order valence-corrected chi connectivity index (χ3v) is 2.99. The lowest BCUT2D eigenvalue weighted by Crippen LogP contribution is -2.03. The fourth-order valence-corrected chi connectivity index (χ4v) is 2.19. The Labute approximate surface area is 59.6 Å². The van der Waals surface area contributed by atoms with Crippen molar-refractivity contribution in [3.8, 4) is 0 Å². The predicted octanol–water partition coefficient (Wildman–Crippen LogP) is 2.69. The van der Waals surface area contributed by atoms with Gasteiger partial charge in [0.1, 0.15) is 0 Å². The van der Waals surface area contributed by atoms with E-state index in [2.05, 4.69) is 6.92 Å². The van der Waals surface area contributed by atoms with Gasteiger partial charge in [-0.3, -0.25) is 0 Å². The van der Waals surface area contributed by atoms with Crippen molar-refractivity contribution in [1.82, 2.24) is 0 Å². The number of hydrogen-bond acceptors (Lipinski definition) is 0. The van der Waals surface area contributed by atoms with Crippen LogP contribution in [0.2, 0.25) is 0 Å². The van der Waals surface area contributed by atoms with Crippen molar-refractivity contribution in [1.29, 1.82) is 0 Å². The molecule has 2 aliphatic carbocycles. The summed E-state index contributed by atoms with van der Waals surface area (Å²) >= 11 is 0. The van der Waals surface area contributed by atoms with Crippen molar-refractivity contribution in [2.24, 2.45) is 17.8 Å². The lowest BCUT2D eigenvalue weighted by molar-refractivity contribution is 0.0844. The first-order valence-electron chi connectivity index (χ1n) is 4.00. The van der Waals surface area contributed by atoms with E-state index in [9.17, 15) is 8.78 Å². The Balaban J connectivity index is 2.04. The molecule has 0 aromatic rings. The second kappa shape index (κ2) is 1.72. The largest absolute Gasteiger partial charge is 0.254 e. The van der Waals surface area contributed by atoms with Gasteiger partial charge in [0.05, 0.1) is 0 Å². The first kappa shape index (κ1) is 6.56. The Morgan fingerprint density at radius 2 is 1.90 bits per heavy atom. The fourth-order valence-electron chi connectivity index (χ4n) is 2.19. The van der Waals surface area contributed by atoms with Crippen LogP contribution in [-0.4, -0.2) is 5.92 Å². The third kappa shape index (κ3) is 0.708. The number of rotatable bonds is 0. The van der Waals surface area contributed by atoms with E-state index in [1.54, 1.807) is 0 Å². The molecule has 3 atom stereocenters. The molecule has 0 amide bonds. The molecule has 0 aliphatic heterocycles. The van der Waals surface area contributed by atoms with E-state index in [1.807, 2.05) is 0 Å². The minimum atomic E-state index is -2.27. The number of hydrogen-bond donors (Lipinski definition) is 0. The monoisotopic (exact) mass is 146 g/mol. The van der Waals surface area contributed by atoms with Crippen LogP contribution in [-0.2, 0) is 0 Å². The van der Waals surface area contributed by atoms with Crippen molar-refractivity contribution in [2.75, 3.05) is 0 Å². The van der Waals surface area contributed by atoms with Crippen LogP contribution in [0.3, 0.4) is 0 Å². The summed E-state index contributed by atoms with van der Waals surface area (Å²) in [6, 6.07) is 0. The van der Waals surface area contributed by atoms with E-state index >= 15 is 0 Å². The highest BCUT2D eigenvalue weighted by molar-refractivity contribution is 5.07. The van der Waals surface area contributed by atoms with Gasteiger partial charge in [-0.15, -0.1) is 0 Å². The van der Waals surface area contributed by atoms with Crippen LogP contribution < -0.4 is 0 Å². The summed E-state index contributed by atoms with van der Waals surface area (Å²) in [7, 11) is 0. The Morgan fingerprint density at radius 3 is 2.40 bits per heavy atom. The quantitative estimate of drug-likeness (QED) is 0.493. The van der Waals surface area contributed by atoms with Crippen LogP contribution >= 0.6 is 0 Å². The minimum Gasteiger partial charge on any atom is -0.206 e. The molecule has 0 N–H and O–H groups in total. The van der Waals surface area contributed by atoms with Crippen molar-refractivity contribution in [3.63, 3.8) is 0 Å². The third-order valence-electron chi connectivity index (χ3n) is 2.99. The summed E-state index contributed by atoms with van der Waals surface area (Å²) in [5.41, 5.74) is 0. The zero-order valence-corrected chi connectivity index (χ0v) is 6.11. The average molecular weight is 146 g/mol. The topological polar surface area (TPSA) is 0 Å². The molecule has 0 aromatic carbocycles. The summed E-state index contributed by atoms with van der Waals surface area (Å²) in [6.45, 7) is 2.07. The van der Waals surface area contributed by atoms with Gasteiger partial charge < -0.3 is 0 Å². The minimum absolute atomic E-state index is 0.233. The van der Waals surface area contributed by atoms with Crippen molar-refractivity contribution < 1.29 is 8.78 Å². The Bertz CT molecular complexity index is 153. The van der Waals surface area contributed by atoms with Crippen LogP contribution in [0.25, 0.3) is 0 Å². The molecule has 0 aromatic heterocycles. The molecule has 0 nitrogen and oxygen atoms in total. The second-order valence-corrected chi connectivity index (χ2v) is 3.81. The molecule has 2 saturated carbocycles. The predicted molar refractivity (Wildman–Crippen MR) is 34.9 cm³/mol. The molecule has 10 heavy (non-hydrogen) atoms. The van der Waals surface area contributed by atoms with Gasteiger partial charge in [0.15, 0.2) is 0 Å². The summed E-state index contributed by atoms with van der Waals surface area (Å²) in [4.78, 5) is 0. The van der Waals surface area contributed by atoms with E-state index in [0.29, 0.717) is 5.92 Å². The highest BCUT2D eigenvalue weighted by Gasteiger charge is 2.68. The van der Waals surface area contributed by atoms with E-state index < -0.39 is 5.92 Å². The van der Waals surface area contributed by atoms with Crippen LogP contribution in [0.5, 0.6) is 0 Å². The lowest BCUT2D eigenvalue weighted by atomic mass is 9.91. The molecule has 0 radical (unpaired) electrons. The van der Waals surface area contributed by atoms with Crippen LogP contribution in [0, 0.1) is 17.8 Å². The molecule has 2 aliphatic rings. The maximum Gasteiger partial charge on any atom is 0.254 e. The maximum atomic E-state index is 12.7. The number of fused-ring (bicyclic) bond motifs is 1.